The average molecular weight is 551 g/mol. The summed E-state index contributed by atoms with van der Waals surface area (Å²) in [7, 11) is 1.76. The van der Waals surface area contributed by atoms with Crippen molar-refractivity contribution in [1.29, 1.82) is 0 Å². The molecule has 4 aliphatic rings. The summed E-state index contributed by atoms with van der Waals surface area (Å²) in [6.07, 6.45) is 8.70. The molecule has 1 aromatic heterocycles. The number of para-hydroxylation sites is 1. The number of likely N-dealkylation sites (tertiary alicyclic amines) is 1. The Morgan fingerprint density at radius 3 is 2.69 bits per heavy atom. The number of benzene rings is 1. The van der Waals surface area contributed by atoms with Gasteiger partial charge < -0.3 is 19.8 Å². The number of nitrogens with zero attached hydrogens (tertiary/aromatic N) is 6. The maximum Gasteiger partial charge on any atom is 0.248 e. The molecule has 1 aromatic carbocycles. The van der Waals surface area contributed by atoms with Gasteiger partial charge in [-0.15, -0.1) is 16.9 Å². The van der Waals surface area contributed by atoms with E-state index in [0.29, 0.717) is 13.1 Å². The van der Waals surface area contributed by atoms with Crippen LogP contribution in [0.2, 0.25) is 0 Å². The summed E-state index contributed by atoms with van der Waals surface area (Å²) in [5.74, 6) is -1.79. The van der Waals surface area contributed by atoms with Crippen molar-refractivity contribution >= 4 is 40.5 Å². The first-order valence-electron chi connectivity index (χ1n) is 13.6. The van der Waals surface area contributed by atoms with Crippen LogP contribution in [0.1, 0.15) is 20.3 Å². The minimum atomic E-state index is -0.915. The molecule has 2 fully saturated rings. The summed E-state index contributed by atoms with van der Waals surface area (Å²) in [6.45, 7) is 4.77. The molecule has 1 N–H and O–H groups in total. The zero-order valence-electron chi connectivity index (χ0n) is 22.4. The Labute approximate surface area is 231 Å². The molecule has 1 spiro atoms. The summed E-state index contributed by atoms with van der Waals surface area (Å²) in [4.78, 5) is 47.6. The Morgan fingerprint density at radius 2 is 1.92 bits per heavy atom. The van der Waals surface area contributed by atoms with Gasteiger partial charge in [0.2, 0.25) is 17.7 Å². The maximum absolute atomic E-state index is 14.6. The highest BCUT2D eigenvalue weighted by Crippen LogP contribution is 2.61. The van der Waals surface area contributed by atoms with Crippen LogP contribution < -0.4 is 0 Å². The first-order valence-corrected chi connectivity index (χ1v) is 14.5. The Morgan fingerprint density at radius 1 is 1.13 bits per heavy atom. The summed E-state index contributed by atoms with van der Waals surface area (Å²) in [5, 5.41) is 18.8. The molecule has 0 saturated carbocycles. The number of aliphatic hydroxyl groups excluding tert-OH is 1. The predicted molar refractivity (Wildman–Crippen MR) is 147 cm³/mol. The Bertz CT molecular complexity index is 1370. The Kier molecular flexibility index (Phi) is 6.53. The molecule has 4 aliphatic heterocycles. The van der Waals surface area contributed by atoms with Crippen molar-refractivity contribution in [1.82, 2.24) is 29.7 Å². The molecule has 5 heterocycles. The summed E-state index contributed by atoms with van der Waals surface area (Å²) in [5.41, 5.74) is 1.55. The van der Waals surface area contributed by atoms with Crippen LogP contribution in [0.3, 0.4) is 0 Å². The van der Waals surface area contributed by atoms with Gasteiger partial charge in [-0.1, -0.05) is 61.9 Å². The zero-order chi connectivity index (χ0) is 27.5. The fourth-order valence-electron chi connectivity index (χ4n) is 6.73. The van der Waals surface area contributed by atoms with E-state index in [0.717, 1.165) is 17.5 Å². The molecule has 2 aromatic rings. The van der Waals surface area contributed by atoms with Gasteiger partial charge >= 0.3 is 0 Å². The number of thioether (sulfide) groups is 1. The maximum atomic E-state index is 14.6. The molecular weight excluding hydrogens is 516 g/mol. The van der Waals surface area contributed by atoms with Gasteiger partial charge in [0.25, 0.3) is 0 Å². The van der Waals surface area contributed by atoms with Crippen molar-refractivity contribution in [3.63, 3.8) is 0 Å². The van der Waals surface area contributed by atoms with E-state index in [1.54, 1.807) is 38.2 Å². The minimum absolute atomic E-state index is 0.0317. The molecule has 11 heteroatoms. The second-order valence-corrected chi connectivity index (χ2v) is 12.5. The first kappa shape index (κ1) is 26.1. The predicted octanol–water partition coefficient (Wildman–Crippen LogP) is 1.52. The lowest BCUT2D eigenvalue weighted by Gasteiger charge is -2.40. The van der Waals surface area contributed by atoms with Crippen molar-refractivity contribution in [2.45, 2.75) is 49.0 Å². The van der Waals surface area contributed by atoms with Crippen molar-refractivity contribution in [3.8, 4) is 0 Å². The van der Waals surface area contributed by atoms with E-state index in [4.69, 9.17) is 0 Å². The van der Waals surface area contributed by atoms with Crippen LogP contribution in [0.4, 0.5) is 0 Å². The molecule has 6 rings (SSSR count). The number of aromatic nitrogens is 3. The van der Waals surface area contributed by atoms with Crippen molar-refractivity contribution in [2.75, 3.05) is 26.7 Å². The molecule has 206 valence electrons. The highest BCUT2D eigenvalue weighted by atomic mass is 32.2. The highest BCUT2D eigenvalue weighted by molar-refractivity contribution is 8.02. The van der Waals surface area contributed by atoms with Crippen molar-refractivity contribution in [2.24, 2.45) is 17.8 Å². The van der Waals surface area contributed by atoms with Gasteiger partial charge in [-0.2, -0.15) is 0 Å². The normalized spacial score (nSPS) is 31.8. The quantitative estimate of drug-likeness (QED) is 0.543. The van der Waals surface area contributed by atoms with Crippen LogP contribution in [-0.4, -0.2) is 101 Å². The van der Waals surface area contributed by atoms with Crippen LogP contribution in [0.25, 0.3) is 11.0 Å². The Balaban J connectivity index is 1.45. The van der Waals surface area contributed by atoms with Crippen molar-refractivity contribution < 1.29 is 19.5 Å². The lowest BCUT2D eigenvalue weighted by molar-refractivity contribution is -0.148. The van der Waals surface area contributed by atoms with Gasteiger partial charge in [0.15, 0.2) is 0 Å². The zero-order valence-corrected chi connectivity index (χ0v) is 23.2. The molecular formula is C28H34N6O4S. The monoisotopic (exact) mass is 550 g/mol. The van der Waals surface area contributed by atoms with E-state index < -0.39 is 28.7 Å². The lowest BCUT2D eigenvalue weighted by atomic mass is 9.78. The molecule has 1 unspecified atom stereocenters. The molecule has 0 bridgehead atoms. The van der Waals surface area contributed by atoms with Crippen molar-refractivity contribution in [3.05, 3.63) is 48.6 Å². The standard InChI is InChI=1S/C28H34N6O4S/c1-4-17(2)20(15-35)34-24-27(38)32(16-33-19-10-6-5-9-18(19)29-30-33)14-8-12-28(24)23(26(34)37)22-21(39-28)11-7-13-31(3)25(22)36/h5-12,17,20-24,35H,4,13-16H2,1-3H3/t17-,20-,21-,22+,23-,24?,28-/m0/s1. The number of hydrogen-bond acceptors (Lipinski definition) is 7. The van der Waals surface area contributed by atoms with Crippen LogP contribution in [0.5, 0.6) is 0 Å². The van der Waals surface area contributed by atoms with E-state index in [-0.39, 0.29) is 42.2 Å². The highest BCUT2D eigenvalue weighted by Gasteiger charge is 2.71. The molecule has 3 amide bonds. The Hall–Kier alpha value is -3.18. The largest absolute Gasteiger partial charge is 0.394 e. The van der Waals surface area contributed by atoms with E-state index in [2.05, 4.69) is 10.3 Å². The summed E-state index contributed by atoms with van der Waals surface area (Å²) in [6, 6.07) is 6.20. The van der Waals surface area contributed by atoms with Gasteiger partial charge in [-0.25, -0.2) is 4.68 Å². The van der Waals surface area contributed by atoms with Crippen LogP contribution in [0.15, 0.2) is 48.6 Å². The number of carbonyl (C=O) groups excluding carboxylic acids is 3. The number of likely N-dealkylation sites (N-methyl/N-ethyl adjacent to an activating group) is 1. The van der Waals surface area contributed by atoms with Gasteiger partial charge in [0.05, 0.1) is 34.7 Å². The molecule has 10 nitrogen and oxygen atoms in total. The minimum Gasteiger partial charge on any atom is -0.394 e. The fourth-order valence-corrected chi connectivity index (χ4v) is 8.73. The van der Waals surface area contributed by atoms with Crippen LogP contribution in [0, 0.1) is 17.8 Å². The fraction of sp³-hybridized carbons (Fsp3) is 0.536. The first-order chi connectivity index (χ1) is 18.8. The second kappa shape index (κ2) is 9.78. The van der Waals surface area contributed by atoms with E-state index in [1.807, 2.05) is 62.4 Å². The van der Waals surface area contributed by atoms with E-state index >= 15 is 0 Å². The lowest BCUT2D eigenvalue weighted by Crippen LogP contribution is -2.58. The topological polar surface area (TPSA) is 112 Å². The number of fused-ring (bicyclic) bond motifs is 3. The molecule has 0 aliphatic carbocycles. The molecule has 0 radical (unpaired) electrons. The smallest absolute Gasteiger partial charge is 0.248 e. The second-order valence-electron chi connectivity index (χ2n) is 11.1. The molecule has 7 atom stereocenters. The van der Waals surface area contributed by atoms with Gasteiger partial charge in [0, 0.05) is 25.4 Å². The summed E-state index contributed by atoms with van der Waals surface area (Å²) < 4.78 is 0.782. The van der Waals surface area contributed by atoms with E-state index in [1.165, 1.54) is 0 Å². The molecule has 2 saturated heterocycles. The van der Waals surface area contributed by atoms with Gasteiger partial charge in [-0.05, 0) is 18.1 Å². The third-order valence-corrected chi connectivity index (χ3v) is 10.7. The number of aliphatic hydroxyl groups is 1. The van der Waals surface area contributed by atoms with E-state index in [9.17, 15) is 19.5 Å². The number of amides is 3. The molecule has 39 heavy (non-hydrogen) atoms. The van der Waals surface area contributed by atoms with Crippen LogP contribution in [-0.2, 0) is 21.1 Å². The average Bonchev–Trinajstić information content (AvgIpc) is 3.50. The summed E-state index contributed by atoms with van der Waals surface area (Å²) >= 11 is 1.55. The number of hydrogen-bond donors (Lipinski definition) is 1. The SMILES string of the molecule is CC[C@H](C)[C@H](CO)N1C(=O)[C@@H]2[C@@H]3C(=O)N(C)CC=C[C@@H]3S[C@@]23C=CCN(Cn2nnc4ccccc42)C(=O)C13. The number of rotatable bonds is 6. The van der Waals surface area contributed by atoms with Crippen LogP contribution >= 0.6 is 11.8 Å². The third-order valence-electron chi connectivity index (χ3n) is 8.95. The third kappa shape index (κ3) is 3.84. The van der Waals surface area contributed by atoms with Gasteiger partial charge in [-0.3, -0.25) is 14.4 Å². The van der Waals surface area contributed by atoms with Gasteiger partial charge in [0.1, 0.15) is 18.2 Å². The number of carbonyl (C=O) groups is 3.